The first-order valence-corrected chi connectivity index (χ1v) is 5.21. The molecular weight excluding hydrogens is 196 g/mol. The Labute approximate surface area is 88.3 Å². The lowest BCUT2D eigenvalue weighted by atomic mass is 9.97. The van der Waals surface area contributed by atoms with Gasteiger partial charge in [0.15, 0.2) is 11.5 Å². The van der Waals surface area contributed by atoms with Crippen molar-refractivity contribution in [2.75, 3.05) is 6.54 Å². The molecule has 1 fully saturated rings. The number of ether oxygens (including phenoxy) is 1. The van der Waals surface area contributed by atoms with E-state index in [4.69, 9.17) is 10.5 Å². The predicted molar refractivity (Wildman–Crippen MR) is 49.2 cm³/mol. The largest absolute Gasteiger partial charge is 0.861 e. The van der Waals surface area contributed by atoms with Crippen LogP contribution < -0.4 is 20.9 Å². The summed E-state index contributed by atoms with van der Waals surface area (Å²) in [5, 5.41) is 20.9. The van der Waals surface area contributed by atoms with Gasteiger partial charge in [-0.3, -0.25) is 0 Å². The van der Waals surface area contributed by atoms with Gasteiger partial charge in [-0.2, -0.15) is 6.29 Å². The summed E-state index contributed by atoms with van der Waals surface area (Å²) in [6.45, 7) is -0.121. The highest BCUT2D eigenvalue weighted by atomic mass is 16.5. The van der Waals surface area contributed by atoms with Gasteiger partial charge in [0.25, 0.3) is 0 Å². The minimum absolute atomic E-state index is 0.121. The van der Waals surface area contributed by atoms with E-state index in [-0.39, 0.29) is 12.1 Å². The molecule has 0 unspecified atom stereocenters. The predicted octanol–water partition coefficient (Wildman–Crippen LogP) is -3.30. The van der Waals surface area contributed by atoms with Crippen LogP contribution in [0.5, 0.6) is 0 Å². The first kappa shape index (κ1) is 10.4. The fourth-order valence-electron chi connectivity index (χ4n) is 2.31. The summed E-state index contributed by atoms with van der Waals surface area (Å²) in [4.78, 5) is 2.85. The molecule has 2 aliphatic rings. The third-order valence-corrected chi connectivity index (χ3v) is 2.96. The highest BCUT2D eigenvalue weighted by molar-refractivity contribution is 5.99. The SMILES string of the molecule is NC1=CC(=[NH+]CC([O-])[O-])C2(CCCC2)O1. The van der Waals surface area contributed by atoms with Crippen LogP contribution in [0.25, 0.3) is 0 Å². The third kappa shape index (κ3) is 1.98. The summed E-state index contributed by atoms with van der Waals surface area (Å²) in [6, 6.07) is 0. The van der Waals surface area contributed by atoms with Crippen LogP contribution in [0.2, 0.25) is 0 Å². The molecule has 0 atom stereocenters. The van der Waals surface area contributed by atoms with Crippen molar-refractivity contribution in [3.05, 3.63) is 12.0 Å². The van der Waals surface area contributed by atoms with Gasteiger partial charge in [0.05, 0.1) is 6.08 Å². The van der Waals surface area contributed by atoms with Gasteiger partial charge in [-0.1, -0.05) is 0 Å². The molecule has 1 aliphatic heterocycles. The molecule has 1 aliphatic carbocycles. The summed E-state index contributed by atoms with van der Waals surface area (Å²) in [5.41, 5.74) is 6.03. The lowest BCUT2D eigenvalue weighted by Crippen LogP contribution is -2.81. The highest BCUT2D eigenvalue weighted by Crippen LogP contribution is 2.37. The molecule has 84 valence electrons. The van der Waals surface area contributed by atoms with Gasteiger partial charge in [-0.15, -0.1) is 0 Å². The fourth-order valence-corrected chi connectivity index (χ4v) is 2.31. The lowest BCUT2D eigenvalue weighted by molar-refractivity contribution is -0.697. The van der Waals surface area contributed by atoms with E-state index in [2.05, 4.69) is 4.99 Å². The van der Waals surface area contributed by atoms with Crippen LogP contribution in [0, 0.1) is 0 Å². The Morgan fingerprint density at radius 2 is 2.13 bits per heavy atom. The molecule has 0 aromatic carbocycles. The Hall–Kier alpha value is -1.07. The number of rotatable bonds is 2. The summed E-state index contributed by atoms with van der Waals surface area (Å²) in [7, 11) is 0. The van der Waals surface area contributed by atoms with E-state index < -0.39 is 6.29 Å². The second kappa shape index (κ2) is 3.83. The zero-order chi connectivity index (χ0) is 10.9. The molecule has 0 amide bonds. The molecule has 3 N–H and O–H groups in total. The van der Waals surface area contributed by atoms with Crippen LogP contribution in [0.3, 0.4) is 0 Å². The van der Waals surface area contributed by atoms with Gasteiger partial charge in [0.2, 0.25) is 5.71 Å². The second-order valence-corrected chi connectivity index (χ2v) is 4.07. The van der Waals surface area contributed by atoms with Gasteiger partial charge in [-0.05, 0) is 25.7 Å². The first-order valence-electron chi connectivity index (χ1n) is 5.21. The monoisotopic (exact) mass is 211 g/mol. The number of nitrogens with one attached hydrogen (secondary N) is 1. The van der Waals surface area contributed by atoms with Crippen molar-refractivity contribution in [2.24, 2.45) is 5.73 Å². The quantitative estimate of drug-likeness (QED) is 0.468. The van der Waals surface area contributed by atoms with Crippen LogP contribution in [0.1, 0.15) is 25.7 Å². The lowest BCUT2D eigenvalue weighted by Gasteiger charge is -2.24. The van der Waals surface area contributed by atoms with Gasteiger partial charge >= 0.3 is 0 Å². The summed E-state index contributed by atoms with van der Waals surface area (Å²) in [6.07, 6.45) is 3.80. The zero-order valence-corrected chi connectivity index (χ0v) is 8.49. The summed E-state index contributed by atoms with van der Waals surface area (Å²) in [5.74, 6) is 0.368. The number of hydrogen-bond donors (Lipinski definition) is 2. The molecule has 1 spiro atoms. The second-order valence-electron chi connectivity index (χ2n) is 4.07. The zero-order valence-electron chi connectivity index (χ0n) is 8.49. The molecule has 0 bridgehead atoms. The van der Waals surface area contributed by atoms with E-state index in [0.717, 1.165) is 31.4 Å². The van der Waals surface area contributed by atoms with Crippen molar-refractivity contribution in [3.8, 4) is 0 Å². The highest BCUT2D eigenvalue weighted by Gasteiger charge is 2.48. The molecule has 15 heavy (non-hydrogen) atoms. The Kier molecular flexibility index (Phi) is 2.67. The van der Waals surface area contributed by atoms with Crippen molar-refractivity contribution in [1.29, 1.82) is 0 Å². The topological polar surface area (TPSA) is 95.3 Å². The van der Waals surface area contributed by atoms with Crippen LogP contribution >= 0.6 is 0 Å². The van der Waals surface area contributed by atoms with Crippen LogP contribution in [0.4, 0.5) is 0 Å². The Balaban J connectivity index is 2.16. The molecule has 0 saturated heterocycles. The van der Waals surface area contributed by atoms with E-state index in [1.54, 1.807) is 6.08 Å². The number of nitrogens with two attached hydrogens (primary N) is 1. The standard InChI is InChI=1S/C10H14N2O3/c11-8-5-7(12-6-9(13)14)10(15-8)3-1-2-4-10/h5,9H,1-4,6,11H2/q-2/p+1. The van der Waals surface area contributed by atoms with E-state index in [1.165, 1.54) is 0 Å². The molecule has 5 nitrogen and oxygen atoms in total. The Morgan fingerprint density at radius 1 is 1.47 bits per heavy atom. The maximum absolute atomic E-state index is 10.4. The van der Waals surface area contributed by atoms with Crippen molar-refractivity contribution in [2.45, 2.75) is 37.6 Å². The Bertz CT molecular complexity index is 304. The van der Waals surface area contributed by atoms with Crippen LogP contribution in [-0.2, 0) is 4.74 Å². The Morgan fingerprint density at radius 3 is 2.73 bits per heavy atom. The molecule has 1 heterocycles. The average molecular weight is 211 g/mol. The molecule has 1 saturated carbocycles. The van der Waals surface area contributed by atoms with Crippen LogP contribution in [0.15, 0.2) is 12.0 Å². The van der Waals surface area contributed by atoms with Crippen molar-refractivity contribution >= 4 is 5.71 Å². The normalized spacial score (nSPS) is 26.3. The molecule has 0 radical (unpaired) electrons. The van der Waals surface area contributed by atoms with E-state index in [9.17, 15) is 10.2 Å². The first-order chi connectivity index (χ1) is 7.12. The van der Waals surface area contributed by atoms with E-state index in [0.29, 0.717) is 5.88 Å². The molecule has 0 aromatic heterocycles. The number of hydrogen-bond acceptors (Lipinski definition) is 4. The van der Waals surface area contributed by atoms with E-state index >= 15 is 0 Å². The van der Waals surface area contributed by atoms with Crippen molar-refractivity contribution < 1.29 is 19.9 Å². The smallest absolute Gasteiger partial charge is 0.223 e. The van der Waals surface area contributed by atoms with E-state index in [1.807, 2.05) is 0 Å². The summed E-state index contributed by atoms with van der Waals surface area (Å²) < 4.78 is 5.59. The van der Waals surface area contributed by atoms with Crippen LogP contribution in [-0.4, -0.2) is 24.1 Å². The minimum Gasteiger partial charge on any atom is -0.861 e. The van der Waals surface area contributed by atoms with Gasteiger partial charge < -0.3 is 20.7 Å². The molecule has 2 rings (SSSR count). The summed E-state index contributed by atoms with van der Waals surface area (Å²) >= 11 is 0. The van der Waals surface area contributed by atoms with Gasteiger partial charge in [-0.25, -0.2) is 4.99 Å². The fraction of sp³-hybridized carbons (Fsp3) is 0.700. The minimum atomic E-state index is -1.86. The molecule has 0 aromatic rings. The third-order valence-electron chi connectivity index (χ3n) is 2.96. The van der Waals surface area contributed by atoms with Crippen molar-refractivity contribution in [1.82, 2.24) is 0 Å². The van der Waals surface area contributed by atoms with Crippen molar-refractivity contribution in [3.63, 3.8) is 0 Å². The maximum Gasteiger partial charge on any atom is 0.223 e. The van der Waals surface area contributed by atoms with Gasteiger partial charge in [0, 0.05) is 0 Å². The van der Waals surface area contributed by atoms with Gasteiger partial charge in [0.1, 0.15) is 6.54 Å². The molecular formula is C10H15N2O3-. The average Bonchev–Trinajstić information content (AvgIpc) is 2.72. The molecule has 5 heteroatoms. The maximum atomic E-state index is 10.4.